The third-order valence-corrected chi connectivity index (χ3v) is 5.30. The van der Waals surface area contributed by atoms with Crippen molar-refractivity contribution < 1.29 is 14.3 Å². The topological polar surface area (TPSA) is 47.6 Å². The molecule has 1 amide bonds. The maximum absolute atomic E-state index is 12.3. The highest BCUT2D eigenvalue weighted by molar-refractivity contribution is 9.10. The fraction of sp³-hybridized carbons (Fsp3) is 0.316. The number of nitrogens with one attached hydrogen (secondary N) is 1. The van der Waals surface area contributed by atoms with E-state index in [0.717, 1.165) is 39.9 Å². The molecule has 124 valence electrons. The van der Waals surface area contributed by atoms with Gasteiger partial charge in [0.2, 0.25) is 5.91 Å². The Kier molecular flexibility index (Phi) is 4.19. The summed E-state index contributed by atoms with van der Waals surface area (Å²) in [6.07, 6.45) is 2.14. The minimum Gasteiger partial charge on any atom is -0.493 e. The van der Waals surface area contributed by atoms with Gasteiger partial charge < -0.3 is 14.8 Å². The van der Waals surface area contributed by atoms with E-state index in [1.165, 1.54) is 11.1 Å². The summed E-state index contributed by atoms with van der Waals surface area (Å²) in [5, 5.41) is 3.04. The molecule has 0 unspecified atom stereocenters. The van der Waals surface area contributed by atoms with Gasteiger partial charge in [-0.05, 0) is 17.7 Å². The van der Waals surface area contributed by atoms with Gasteiger partial charge in [-0.25, -0.2) is 0 Å². The van der Waals surface area contributed by atoms with Crippen LogP contribution in [0.15, 0.2) is 34.8 Å². The molecular weight excluding hydrogens is 370 g/mol. The molecule has 0 atom stereocenters. The smallest absolute Gasteiger partial charge is 0.224 e. The van der Waals surface area contributed by atoms with Crippen LogP contribution in [0.4, 0.5) is 0 Å². The van der Waals surface area contributed by atoms with Gasteiger partial charge in [-0.1, -0.05) is 34.1 Å². The van der Waals surface area contributed by atoms with E-state index in [2.05, 4.69) is 27.3 Å². The van der Waals surface area contributed by atoms with E-state index >= 15 is 0 Å². The number of rotatable bonds is 4. The van der Waals surface area contributed by atoms with Gasteiger partial charge in [0.25, 0.3) is 0 Å². The molecule has 2 aromatic rings. The average Bonchev–Trinajstić information content (AvgIpc) is 3.22. The van der Waals surface area contributed by atoms with Gasteiger partial charge >= 0.3 is 0 Å². The predicted molar refractivity (Wildman–Crippen MR) is 94.5 cm³/mol. The normalized spacial score (nSPS) is 14.5. The van der Waals surface area contributed by atoms with Gasteiger partial charge in [0.15, 0.2) is 0 Å². The van der Waals surface area contributed by atoms with Crippen LogP contribution in [0, 0.1) is 0 Å². The van der Waals surface area contributed by atoms with Crippen molar-refractivity contribution in [1.29, 1.82) is 0 Å². The molecule has 0 aliphatic carbocycles. The lowest BCUT2D eigenvalue weighted by atomic mass is 9.99. The molecule has 4 nitrogen and oxygen atoms in total. The van der Waals surface area contributed by atoms with Gasteiger partial charge in [0.1, 0.15) is 11.5 Å². The van der Waals surface area contributed by atoms with Crippen molar-refractivity contribution >= 4 is 21.8 Å². The molecule has 0 saturated carbocycles. The molecule has 2 heterocycles. The largest absolute Gasteiger partial charge is 0.493 e. The molecule has 0 radical (unpaired) electrons. The zero-order chi connectivity index (χ0) is 16.5. The molecule has 24 heavy (non-hydrogen) atoms. The fourth-order valence-corrected chi connectivity index (χ4v) is 3.76. The summed E-state index contributed by atoms with van der Waals surface area (Å²) in [5.74, 6) is 1.90. The highest BCUT2D eigenvalue weighted by atomic mass is 79.9. The van der Waals surface area contributed by atoms with Crippen LogP contribution in [0.3, 0.4) is 0 Å². The van der Waals surface area contributed by atoms with Crippen LogP contribution in [-0.4, -0.2) is 19.1 Å². The minimum absolute atomic E-state index is 0.00478. The van der Waals surface area contributed by atoms with Crippen molar-refractivity contribution in [3.63, 3.8) is 0 Å². The summed E-state index contributed by atoms with van der Waals surface area (Å²) in [6, 6.07) is 9.88. The fourth-order valence-electron chi connectivity index (χ4n) is 3.34. The summed E-state index contributed by atoms with van der Waals surface area (Å²) in [4.78, 5) is 12.3. The van der Waals surface area contributed by atoms with Crippen LogP contribution < -0.4 is 14.8 Å². The van der Waals surface area contributed by atoms with Crippen molar-refractivity contribution in [1.82, 2.24) is 5.32 Å². The number of hydrogen-bond acceptors (Lipinski definition) is 3. The van der Waals surface area contributed by atoms with Crippen LogP contribution in [0.2, 0.25) is 0 Å². The number of carbonyl (C=O) groups is 1. The summed E-state index contributed by atoms with van der Waals surface area (Å²) in [5.41, 5.74) is 4.43. The predicted octanol–water partition coefficient (Wildman–Crippen LogP) is 3.18. The molecule has 0 saturated heterocycles. The Morgan fingerprint density at radius 3 is 2.88 bits per heavy atom. The summed E-state index contributed by atoms with van der Waals surface area (Å²) in [7, 11) is 0. The lowest BCUT2D eigenvalue weighted by Gasteiger charge is -2.14. The number of hydrogen-bond donors (Lipinski definition) is 1. The third kappa shape index (κ3) is 2.88. The summed E-state index contributed by atoms with van der Waals surface area (Å²) in [6.45, 7) is 1.89. The van der Waals surface area contributed by atoms with E-state index in [-0.39, 0.29) is 5.91 Å². The van der Waals surface area contributed by atoms with Crippen LogP contribution in [0.25, 0.3) is 0 Å². The molecule has 1 N–H and O–H groups in total. The first-order valence-corrected chi connectivity index (χ1v) is 8.95. The second kappa shape index (κ2) is 6.48. The second-order valence-electron chi connectivity index (χ2n) is 6.06. The van der Waals surface area contributed by atoms with Crippen molar-refractivity contribution in [3.05, 3.63) is 57.1 Å². The van der Waals surface area contributed by atoms with Gasteiger partial charge in [0.05, 0.1) is 19.6 Å². The molecule has 5 heteroatoms. The molecule has 0 aromatic heterocycles. The lowest BCUT2D eigenvalue weighted by molar-refractivity contribution is -0.120. The first kappa shape index (κ1) is 15.5. The van der Waals surface area contributed by atoms with E-state index in [1.54, 1.807) is 0 Å². The van der Waals surface area contributed by atoms with E-state index in [4.69, 9.17) is 9.47 Å². The van der Waals surface area contributed by atoms with Gasteiger partial charge in [-0.3, -0.25) is 4.79 Å². The molecule has 2 aliphatic heterocycles. The Hall–Kier alpha value is -2.01. The first-order valence-electron chi connectivity index (χ1n) is 8.15. The highest BCUT2D eigenvalue weighted by Crippen LogP contribution is 2.40. The number of fused-ring (bicyclic) bond motifs is 2. The number of ether oxygens (including phenoxy) is 2. The first-order chi connectivity index (χ1) is 11.7. The van der Waals surface area contributed by atoms with Gasteiger partial charge in [-0.2, -0.15) is 0 Å². The number of halogens is 1. The molecule has 0 bridgehead atoms. The minimum atomic E-state index is 0.00478. The van der Waals surface area contributed by atoms with E-state index < -0.39 is 0 Å². The second-order valence-corrected chi connectivity index (χ2v) is 6.92. The number of benzene rings is 2. The summed E-state index contributed by atoms with van der Waals surface area (Å²) < 4.78 is 12.5. The van der Waals surface area contributed by atoms with Crippen molar-refractivity contribution in [2.75, 3.05) is 13.2 Å². The Morgan fingerprint density at radius 2 is 2.00 bits per heavy atom. The van der Waals surface area contributed by atoms with Crippen molar-refractivity contribution in [2.24, 2.45) is 0 Å². The standard InChI is InChI=1S/C19H18BrNO3/c20-16-4-2-1-3-12(16)10-18(22)21-11-15-14-6-8-23-17(14)9-13-5-7-24-19(13)15/h1-4,9H,5-8,10-11H2,(H,21,22). The van der Waals surface area contributed by atoms with Crippen LogP contribution in [0.5, 0.6) is 11.5 Å². The zero-order valence-electron chi connectivity index (χ0n) is 13.2. The maximum Gasteiger partial charge on any atom is 0.224 e. The van der Waals surface area contributed by atoms with Crippen molar-refractivity contribution in [3.8, 4) is 11.5 Å². The Bertz CT molecular complexity index is 771. The SMILES string of the molecule is O=C(Cc1ccccc1Br)NCc1c2c(cc3c1OCC3)OCC2. The quantitative estimate of drug-likeness (QED) is 0.876. The maximum atomic E-state index is 12.3. The van der Waals surface area contributed by atoms with Gasteiger partial charge in [0, 0.05) is 40.5 Å². The Morgan fingerprint density at radius 1 is 1.17 bits per heavy atom. The van der Waals surface area contributed by atoms with Crippen molar-refractivity contribution in [2.45, 2.75) is 25.8 Å². The number of carbonyl (C=O) groups excluding carboxylic acids is 1. The van der Waals surface area contributed by atoms with E-state index in [0.29, 0.717) is 26.2 Å². The van der Waals surface area contributed by atoms with Crippen LogP contribution >= 0.6 is 15.9 Å². The number of amides is 1. The monoisotopic (exact) mass is 387 g/mol. The molecule has 0 spiro atoms. The van der Waals surface area contributed by atoms with Crippen LogP contribution in [-0.2, 0) is 30.6 Å². The lowest BCUT2D eigenvalue weighted by Crippen LogP contribution is -2.25. The molecule has 4 rings (SSSR count). The average molecular weight is 388 g/mol. The third-order valence-electron chi connectivity index (χ3n) is 4.53. The van der Waals surface area contributed by atoms with Crippen LogP contribution in [0.1, 0.15) is 22.3 Å². The van der Waals surface area contributed by atoms with E-state index in [9.17, 15) is 4.79 Å². The van der Waals surface area contributed by atoms with E-state index in [1.807, 2.05) is 24.3 Å². The Labute approximate surface area is 149 Å². The molecule has 2 aliphatic rings. The molecule has 2 aromatic carbocycles. The summed E-state index contributed by atoms with van der Waals surface area (Å²) >= 11 is 3.49. The highest BCUT2D eigenvalue weighted by Gasteiger charge is 2.26. The van der Waals surface area contributed by atoms with Gasteiger partial charge in [-0.15, -0.1) is 0 Å². The zero-order valence-corrected chi connectivity index (χ0v) is 14.8. The molecular formula is C19H18BrNO3. The Balaban J connectivity index is 1.50. The molecule has 0 fully saturated rings.